The van der Waals surface area contributed by atoms with Crippen molar-refractivity contribution in [3.05, 3.63) is 63.6 Å². The number of aliphatic hydroxyl groups is 1. The number of esters is 1. The van der Waals surface area contributed by atoms with Gasteiger partial charge in [0.1, 0.15) is 17.2 Å². The number of hydrogen-bond acceptors (Lipinski definition) is 9. The number of nitrogens with zero attached hydrogens (tertiary/aromatic N) is 2. The number of fused-ring (bicyclic) bond motifs is 1. The van der Waals surface area contributed by atoms with Gasteiger partial charge in [0.15, 0.2) is 10.5 Å². The van der Waals surface area contributed by atoms with Crippen LogP contribution in [0.25, 0.3) is 0 Å². The molecule has 2 aromatic rings. The lowest BCUT2D eigenvalue weighted by Crippen LogP contribution is -2.76. The van der Waals surface area contributed by atoms with Crippen LogP contribution in [0.2, 0.25) is 0 Å². The minimum Gasteiger partial charge on any atom is -0.445 e. The third-order valence-corrected chi connectivity index (χ3v) is 12.3. The molecule has 0 spiro atoms. The molecule has 44 heavy (non-hydrogen) atoms. The third-order valence-electron chi connectivity index (χ3n) is 10.6. The van der Waals surface area contributed by atoms with Crippen LogP contribution < -0.4 is 5.32 Å². The van der Waals surface area contributed by atoms with Crippen LogP contribution in [-0.2, 0) is 9.53 Å². The molecule has 236 valence electrons. The van der Waals surface area contributed by atoms with Crippen LogP contribution in [0.4, 0.5) is 10.1 Å². The summed E-state index contributed by atoms with van der Waals surface area (Å²) in [6.45, 7) is 9.94. The van der Waals surface area contributed by atoms with Crippen molar-refractivity contribution in [2.24, 2.45) is 22.7 Å². The van der Waals surface area contributed by atoms with E-state index in [2.05, 4.69) is 29.5 Å². The van der Waals surface area contributed by atoms with Gasteiger partial charge in [0.2, 0.25) is 5.12 Å². The van der Waals surface area contributed by atoms with Crippen molar-refractivity contribution in [1.82, 2.24) is 9.59 Å². The van der Waals surface area contributed by atoms with E-state index in [4.69, 9.17) is 10.1 Å². The summed E-state index contributed by atoms with van der Waals surface area (Å²) in [5, 5.41) is 26.0. The van der Waals surface area contributed by atoms with E-state index in [1.807, 2.05) is 19.2 Å². The van der Waals surface area contributed by atoms with E-state index in [0.717, 1.165) is 34.9 Å². The molecule has 4 N–H and O–H groups in total. The highest BCUT2D eigenvalue weighted by atomic mass is 32.2. The SMILES string of the molecule is CCSC(=O)C1(OC(=O)c2snnc2C)CCC2CC(C3(C)CC(C=N)=C([NH2+]c4ccc(F)cc4)C=C3CC)C(O)CC21C. The van der Waals surface area contributed by atoms with Gasteiger partial charge in [0.25, 0.3) is 0 Å². The van der Waals surface area contributed by atoms with E-state index in [0.29, 0.717) is 48.4 Å². The van der Waals surface area contributed by atoms with Gasteiger partial charge >= 0.3 is 5.97 Å². The van der Waals surface area contributed by atoms with E-state index in [9.17, 15) is 19.1 Å². The maximum atomic E-state index is 13.9. The van der Waals surface area contributed by atoms with Crippen LogP contribution in [0.1, 0.15) is 81.6 Å². The van der Waals surface area contributed by atoms with Crippen LogP contribution in [0.15, 0.2) is 47.2 Å². The molecule has 1 aromatic carbocycles. The average Bonchev–Trinajstić information content (AvgIpc) is 3.55. The predicted molar refractivity (Wildman–Crippen MR) is 170 cm³/mol. The standard InChI is InChI=1S/C33H41FN4O4S2/c1-6-21-15-26(36-24-10-8-23(34)9-11-24)20(18-35)16-31(21,4)25-14-22-12-13-33(30(41)43-7-2,32(22,5)17-27(25)39)42-29(40)28-19(3)37-38-44-28/h8-11,15,18,22,25,27,35-36,39H,6-7,12-14,16-17H2,1-5H3/p+1. The molecule has 6 atom stereocenters. The van der Waals surface area contributed by atoms with Crippen LogP contribution >= 0.6 is 23.3 Å². The zero-order chi connectivity index (χ0) is 31.9. The van der Waals surface area contributed by atoms with E-state index in [-0.39, 0.29) is 22.8 Å². The maximum Gasteiger partial charge on any atom is 0.352 e. The van der Waals surface area contributed by atoms with Crippen molar-refractivity contribution in [2.75, 3.05) is 5.75 Å². The molecule has 2 saturated carbocycles. The Bertz CT molecular complexity index is 1510. The minimum absolute atomic E-state index is 0.0558. The first-order chi connectivity index (χ1) is 20.9. The summed E-state index contributed by atoms with van der Waals surface area (Å²) in [4.78, 5) is 27.6. The number of ether oxygens (including phenoxy) is 1. The van der Waals surface area contributed by atoms with Crippen molar-refractivity contribution in [1.29, 1.82) is 5.41 Å². The van der Waals surface area contributed by atoms with Crippen LogP contribution in [0.5, 0.6) is 0 Å². The summed E-state index contributed by atoms with van der Waals surface area (Å²) in [7, 11) is 0. The normalized spacial score (nSPS) is 31.8. The molecule has 1 aromatic heterocycles. The molecule has 0 saturated heterocycles. The second-order valence-corrected chi connectivity index (χ2v) is 14.8. The van der Waals surface area contributed by atoms with Crippen molar-refractivity contribution in [2.45, 2.75) is 84.8 Å². The molecular weight excluding hydrogens is 600 g/mol. The number of carbonyl (C=O) groups excluding carboxylic acids is 2. The number of aromatic nitrogens is 2. The summed E-state index contributed by atoms with van der Waals surface area (Å²) in [6.07, 6.45) is 6.30. The minimum atomic E-state index is -1.36. The summed E-state index contributed by atoms with van der Waals surface area (Å²) in [6, 6.07) is 6.32. The molecule has 8 nitrogen and oxygen atoms in total. The van der Waals surface area contributed by atoms with E-state index in [1.54, 1.807) is 19.1 Å². The number of halogens is 1. The Kier molecular flexibility index (Phi) is 9.33. The van der Waals surface area contributed by atoms with Gasteiger partial charge in [-0.1, -0.05) is 49.5 Å². The Morgan fingerprint density at radius 1 is 1.27 bits per heavy atom. The van der Waals surface area contributed by atoms with E-state index in [1.165, 1.54) is 35.7 Å². The predicted octanol–water partition coefficient (Wildman–Crippen LogP) is 5.89. The topological polar surface area (TPSA) is 130 Å². The van der Waals surface area contributed by atoms with Crippen molar-refractivity contribution >= 4 is 46.3 Å². The number of aliphatic hydroxyl groups excluding tert-OH is 1. The van der Waals surface area contributed by atoms with Gasteiger partial charge in [0, 0.05) is 29.3 Å². The number of allylic oxidation sites excluding steroid dienone is 3. The first-order valence-electron chi connectivity index (χ1n) is 15.3. The largest absolute Gasteiger partial charge is 0.445 e. The lowest BCUT2D eigenvalue weighted by molar-refractivity contribution is -0.513. The fraction of sp³-hybridized carbons (Fsp3) is 0.545. The number of quaternary nitrogens is 1. The molecule has 1 heterocycles. The zero-order valence-electron chi connectivity index (χ0n) is 26.0. The number of carbonyl (C=O) groups is 2. The van der Waals surface area contributed by atoms with Gasteiger partial charge in [0.05, 0.1) is 11.8 Å². The number of hydrogen-bond donors (Lipinski definition) is 3. The molecule has 3 aliphatic carbocycles. The molecule has 6 unspecified atom stereocenters. The molecule has 0 amide bonds. The van der Waals surface area contributed by atoms with Gasteiger partial charge in [-0.2, -0.15) is 0 Å². The maximum absolute atomic E-state index is 13.9. The second kappa shape index (κ2) is 12.6. The Labute approximate surface area is 266 Å². The second-order valence-electron chi connectivity index (χ2n) is 12.8. The summed E-state index contributed by atoms with van der Waals surface area (Å²) >= 11 is 2.14. The third kappa shape index (κ3) is 5.50. The Hall–Kier alpha value is -2.73. The number of thioether (sulfide) groups is 1. The van der Waals surface area contributed by atoms with Crippen LogP contribution in [0, 0.1) is 40.8 Å². The number of nitrogens with two attached hydrogens (primary N) is 1. The van der Waals surface area contributed by atoms with Crippen molar-refractivity contribution in [3.8, 4) is 0 Å². The first-order valence-corrected chi connectivity index (χ1v) is 17.1. The average molecular weight is 642 g/mol. The van der Waals surface area contributed by atoms with Gasteiger partial charge < -0.3 is 15.3 Å². The number of benzene rings is 1. The monoisotopic (exact) mass is 641 g/mol. The van der Waals surface area contributed by atoms with Crippen molar-refractivity contribution in [3.63, 3.8) is 0 Å². The highest BCUT2D eigenvalue weighted by Gasteiger charge is 2.67. The number of aryl methyl sites for hydroxylation is 1. The van der Waals surface area contributed by atoms with Crippen molar-refractivity contribution < 1.29 is 29.1 Å². The molecule has 11 heteroatoms. The summed E-state index contributed by atoms with van der Waals surface area (Å²) in [5.41, 5.74) is 1.83. The Balaban J connectivity index is 1.45. The summed E-state index contributed by atoms with van der Waals surface area (Å²) < 4.78 is 23.6. The van der Waals surface area contributed by atoms with Gasteiger partial charge in [-0.15, -0.1) is 5.10 Å². The Morgan fingerprint density at radius 3 is 2.61 bits per heavy atom. The van der Waals surface area contributed by atoms with E-state index >= 15 is 0 Å². The molecule has 5 rings (SSSR count). The molecule has 0 radical (unpaired) electrons. The Morgan fingerprint density at radius 2 is 2.00 bits per heavy atom. The van der Waals surface area contributed by atoms with Crippen LogP contribution in [-0.4, -0.2) is 49.5 Å². The van der Waals surface area contributed by atoms with Crippen LogP contribution in [0.3, 0.4) is 0 Å². The zero-order valence-corrected chi connectivity index (χ0v) is 27.6. The molecular formula is C33H42FN4O4S2+. The molecule has 2 fully saturated rings. The van der Waals surface area contributed by atoms with E-state index < -0.39 is 28.5 Å². The van der Waals surface area contributed by atoms with Gasteiger partial charge in [-0.05, 0) is 98.2 Å². The summed E-state index contributed by atoms with van der Waals surface area (Å²) in [5.74, 6) is -0.367. The molecule has 3 aliphatic rings. The lowest BCUT2D eigenvalue weighted by atomic mass is 9.52. The highest BCUT2D eigenvalue weighted by molar-refractivity contribution is 8.13. The first kappa shape index (κ1) is 32.7. The quantitative estimate of drug-likeness (QED) is 0.177. The molecule has 0 bridgehead atoms. The van der Waals surface area contributed by atoms with Gasteiger partial charge in [-0.25, -0.2) is 9.18 Å². The lowest BCUT2D eigenvalue weighted by Gasteiger charge is -2.54. The number of rotatable bonds is 9. The number of nitrogens with one attached hydrogen (secondary N) is 1. The smallest absolute Gasteiger partial charge is 0.352 e. The fourth-order valence-corrected chi connectivity index (χ4v) is 9.51. The fourth-order valence-electron chi connectivity index (χ4n) is 8.10. The highest BCUT2D eigenvalue weighted by Crippen LogP contribution is 2.64. The van der Waals surface area contributed by atoms with Gasteiger partial charge in [-0.3, -0.25) is 10.1 Å². The molecule has 0 aliphatic heterocycles.